The fourth-order valence-electron chi connectivity index (χ4n) is 2.62. The van der Waals surface area contributed by atoms with Crippen molar-refractivity contribution in [3.8, 4) is 5.75 Å². The summed E-state index contributed by atoms with van der Waals surface area (Å²) >= 11 is 0. The van der Waals surface area contributed by atoms with E-state index in [-0.39, 0.29) is 0 Å². The molecular formula is C17H27NO2. The van der Waals surface area contributed by atoms with Crippen LogP contribution >= 0.6 is 0 Å². The first-order valence-electron chi connectivity index (χ1n) is 7.74. The number of hydrogen-bond donors (Lipinski definition) is 2. The Morgan fingerprint density at radius 2 is 2.00 bits per heavy atom. The maximum atomic E-state index is 9.94. The van der Waals surface area contributed by atoms with Crippen LogP contribution in [-0.4, -0.2) is 30.9 Å². The molecule has 3 heteroatoms. The van der Waals surface area contributed by atoms with E-state index in [9.17, 15) is 5.11 Å². The lowest BCUT2D eigenvalue weighted by atomic mass is 9.83. The van der Waals surface area contributed by atoms with Gasteiger partial charge < -0.3 is 15.2 Å². The Hall–Kier alpha value is -1.06. The Morgan fingerprint density at radius 1 is 1.30 bits per heavy atom. The zero-order valence-electron chi connectivity index (χ0n) is 12.7. The molecule has 1 aliphatic rings. The van der Waals surface area contributed by atoms with E-state index < -0.39 is 6.10 Å². The van der Waals surface area contributed by atoms with E-state index in [4.69, 9.17) is 4.74 Å². The van der Waals surface area contributed by atoms with Gasteiger partial charge in [0.2, 0.25) is 0 Å². The normalized spacial score (nSPS) is 16.8. The number of aliphatic hydroxyl groups excluding tert-OH is 1. The number of nitrogens with one attached hydrogen (secondary N) is 1. The van der Waals surface area contributed by atoms with Crippen LogP contribution in [0.4, 0.5) is 0 Å². The zero-order chi connectivity index (χ0) is 14.4. The van der Waals surface area contributed by atoms with Crippen LogP contribution in [0.3, 0.4) is 0 Å². The highest BCUT2D eigenvalue weighted by molar-refractivity contribution is 5.39. The Bertz CT molecular complexity index is 395. The molecule has 1 unspecified atom stereocenters. The van der Waals surface area contributed by atoms with Gasteiger partial charge in [-0.25, -0.2) is 0 Å². The molecule has 0 heterocycles. The highest BCUT2D eigenvalue weighted by Crippen LogP contribution is 2.28. The molecule has 0 radical (unpaired) electrons. The van der Waals surface area contributed by atoms with Crippen LogP contribution < -0.4 is 10.1 Å². The number of ether oxygens (including phenoxy) is 1. The zero-order valence-corrected chi connectivity index (χ0v) is 12.7. The van der Waals surface area contributed by atoms with E-state index in [0.717, 1.165) is 29.3 Å². The van der Waals surface area contributed by atoms with Gasteiger partial charge in [-0.1, -0.05) is 37.5 Å². The number of aryl methyl sites for hydroxylation is 2. The Kier molecular flexibility index (Phi) is 5.86. The van der Waals surface area contributed by atoms with Gasteiger partial charge in [0.05, 0.1) is 0 Å². The minimum Gasteiger partial charge on any atom is -0.490 e. The molecule has 112 valence electrons. The van der Waals surface area contributed by atoms with Crippen molar-refractivity contribution in [1.29, 1.82) is 0 Å². The molecule has 0 amide bonds. The largest absolute Gasteiger partial charge is 0.490 e. The first kappa shape index (κ1) is 15.3. The van der Waals surface area contributed by atoms with Crippen LogP contribution in [0.25, 0.3) is 0 Å². The molecule has 0 spiro atoms. The van der Waals surface area contributed by atoms with E-state index in [1.807, 2.05) is 32.0 Å². The summed E-state index contributed by atoms with van der Waals surface area (Å²) in [5, 5.41) is 13.3. The molecular weight excluding hydrogens is 250 g/mol. The van der Waals surface area contributed by atoms with Crippen molar-refractivity contribution in [2.45, 2.75) is 45.6 Å². The molecule has 1 aromatic rings. The predicted octanol–water partition coefficient (Wildman–Crippen LogP) is 2.82. The smallest absolute Gasteiger partial charge is 0.125 e. The second-order valence-corrected chi connectivity index (χ2v) is 5.98. The third-order valence-corrected chi connectivity index (χ3v) is 4.16. The summed E-state index contributed by atoms with van der Waals surface area (Å²) in [6.45, 7) is 6.03. The molecule has 3 nitrogen and oxygen atoms in total. The van der Waals surface area contributed by atoms with Gasteiger partial charge in [0.15, 0.2) is 0 Å². The molecule has 0 bridgehead atoms. The molecule has 0 aromatic heterocycles. The summed E-state index contributed by atoms with van der Waals surface area (Å²) in [5.74, 6) is 1.83. The minimum absolute atomic E-state index is 0.349. The lowest BCUT2D eigenvalue weighted by molar-refractivity contribution is 0.105. The van der Waals surface area contributed by atoms with E-state index >= 15 is 0 Å². The molecule has 1 saturated carbocycles. The topological polar surface area (TPSA) is 41.5 Å². The maximum absolute atomic E-state index is 9.94. The standard InChI is InChI=1S/C17H27NO2/c1-13-5-3-6-14(2)17(13)20-12-16(19)11-18-10-9-15-7-4-8-15/h3,5-6,15-16,18-19H,4,7-12H2,1-2H3. The van der Waals surface area contributed by atoms with Crippen LogP contribution in [0.2, 0.25) is 0 Å². The predicted molar refractivity (Wildman–Crippen MR) is 82.2 cm³/mol. The van der Waals surface area contributed by atoms with Crippen LogP contribution in [0.5, 0.6) is 5.75 Å². The van der Waals surface area contributed by atoms with Gasteiger partial charge in [-0.2, -0.15) is 0 Å². The number of hydrogen-bond acceptors (Lipinski definition) is 3. The van der Waals surface area contributed by atoms with E-state index in [1.54, 1.807) is 0 Å². The van der Waals surface area contributed by atoms with Crippen molar-refractivity contribution in [3.05, 3.63) is 29.3 Å². The molecule has 1 aliphatic carbocycles. The van der Waals surface area contributed by atoms with Gasteiger partial charge in [0, 0.05) is 6.54 Å². The van der Waals surface area contributed by atoms with Crippen molar-refractivity contribution in [1.82, 2.24) is 5.32 Å². The molecule has 20 heavy (non-hydrogen) atoms. The van der Waals surface area contributed by atoms with E-state index in [1.165, 1.54) is 25.7 Å². The van der Waals surface area contributed by atoms with Crippen LogP contribution in [0, 0.1) is 19.8 Å². The highest BCUT2D eigenvalue weighted by Gasteiger charge is 2.16. The van der Waals surface area contributed by atoms with E-state index in [0.29, 0.717) is 13.2 Å². The Labute approximate surface area is 122 Å². The van der Waals surface area contributed by atoms with Crippen molar-refractivity contribution in [2.24, 2.45) is 5.92 Å². The lowest BCUT2D eigenvalue weighted by Gasteiger charge is -2.25. The first-order valence-corrected chi connectivity index (χ1v) is 7.74. The summed E-state index contributed by atoms with van der Waals surface area (Å²) in [4.78, 5) is 0. The minimum atomic E-state index is -0.449. The summed E-state index contributed by atoms with van der Waals surface area (Å²) in [6.07, 6.45) is 4.97. The molecule has 1 atom stereocenters. The molecule has 1 fully saturated rings. The highest BCUT2D eigenvalue weighted by atomic mass is 16.5. The van der Waals surface area contributed by atoms with Crippen molar-refractivity contribution >= 4 is 0 Å². The summed E-state index contributed by atoms with van der Waals surface area (Å²) in [5.41, 5.74) is 2.24. The first-order chi connectivity index (χ1) is 9.66. The third kappa shape index (κ3) is 4.50. The number of benzene rings is 1. The fraction of sp³-hybridized carbons (Fsp3) is 0.647. The Morgan fingerprint density at radius 3 is 2.60 bits per heavy atom. The Balaban J connectivity index is 1.62. The second kappa shape index (κ2) is 7.65. The van der Waals surface area contributed by atoms with Gasteiger partial charge in [0.25, 0.3) is 0 Å². The molecule has 0 aliphatic heterocycles. The van der Waals surface area contributed by atoms with Gasteiger partial charge in [-0.15, -0.1) is 0 Å². The fourth-order valence-corrected chi connectivity index (χ4v) is 2.62. The third-order valence-electron chi connectivity index (χ3n) is 4.16. The molecule has 2 N–H and O–H groups in total. The summed E-state index contributed by atoms with van der Waals surface area (Å²) in [7, 11) is 0. The number of rotatable bonds is 8. The molecule has 1 aromatic carbocycles. The monoisotopic (exact) mass is 277 g/mol. The van der Waals surface area contributed by atoms with Crippen LogP contribution in [-0.2, 0) is 0 Å². The van der Waals surface area contributed by atoms with Crippen LogP contribution in [0.1, 0.15) is 36.8 Å². The lowest BCUT2D eigenvalue weighted by Crippen LogP contribution is -2.33. The number of aliphatic hydroxyl groups is 1. The second-order valence-electron chi connectivity index (χ2n) is 5.98. The summed E-state index contributed by atoms with van der Waals surface area (Å²) < 4.78 is 5.75. The van der Waals surface area contributed by atoms with Gasteiger partial charge in [0.1, 0.15) is 18.5 Å². The molecule has 2 rings (SSSR count). The average Bonchev–Trinajstić information content (AvgIpc) is 2.35. The maximum Gasteiger partial charge on any atom is 0.125 e. The van der Waals surface area contributed by atoms with Gasteiger partial charge in [-0.05, 0) is 43.9 Å². The van der Waals surface area contributed by atoms with Crippen molar-refractivity contribution in [3.63, 3.8) is 0 Å². The summed E-state index contributed by atoms with van der Waals surface area (Å²) in [6, 6.07) is 6.09. The van der Waals surface area contributed by atoms with E-state index in [2.05, 4.69) is 5.32 Å². The van der Waals surface area contributed by atoms with Gasteiger partial charge in [-0.3, -0.25) is 0 Å². The quantitative estimate of drug-likeness (QED) is 0.718. The number of para-hydroxylation sites is 1. The molecule has 0 saturated heterocycles. The average molecular weight is 277 g/mol. The van der Waals surface area contributed by atoms with Crippen LogP contribution in [0.15, 0.2) is 18.2 Å². The van der Waals surface area contributed by atoms with Crippen molar-refractivity contribution < 1.29 is 9.84 Å². The van der Waals surface area contributed by atoms with Gasteiger partial charge >= 0.3 is 0 Å². The SMILES string of the molecule is Cc1cccc(C)c1OCC(O)CNCCC1CCC1. The van der Waals surface area contributed by atoms with Crippen molar-refractivity contribution in [2.75, 3.05) is 19.7 Å².